The number of nitrogens with zero attached hydrogens (tertiary/aromatic N) is 4. The predicted molar refractivity (Wildman–Crippen MR) is 118 cm³/mol. The highest BCUT2D eigenvalue weighted by molar-refractivity contribution is 5.83. The third kappa shape index (κ3) is 4.42. The second kappa shape index (κ2) is 9.25. The van der Waals surface area contributed by atoms with Gasteiger partial charge in [-0.25, -0.2) is 18.0 Å². The van der Waals surface area contributed by atoms with Gasteiger partial charge in [-0.05, 0) is 24.6 Å². The molecule has 0 radical (unpaired) electrons. The van der Waals surface area contributed by atoms with Gasteiger partial charge < -0.3 is 21.5 Å². The lowest BCUT2D eigenvalue weighted by molar-refractivity contribution is 0.151. The van der Waals surface area contributed by atoms with Crippen LogP contribution in [0.1, 0.15) is 23.7 Å². The Hall–Kier alpha value is -4.35. The van der Waals surface area contributed by atoms with Crippen molar-refractivity contribution >= 4 is 28.6 Å². The van der Waals surface area contributed by atoms with Crippen molar-refractivity contribution in [3.63, 3.8) is 0 Å². The van der Waals surface area contributed by atoms with Crippen LogP contribution in [0.25, 0.3) is 16.9 Å². The number of rotatable bonds is 6. The topological polar surface area (TPSA) is 134 Å². The number of aromatic nitrogens is 4. The summed E-state index contributed by atoms with van der Waals surface area (Å²) in [5.74, 6) is -3.27. The number of ether oxygens (including phenoxy) is 1. The summed E-state index contributed by atoms with van der Waals surface area (Å²) in [6.45, 7) is 1.82. The fraction of sp³-hybridized carbons (Fsp3) is 0.182. The van der Waals surface area contributed by atoms with E-state index in [1.165, 1.54) is 4.68 Å². The maximum absolute atomic E-state index is 14.3. The van der Waals surface area contributed by atoms with E-state index in [4.69, 9.17) is 16.2 Å². The van der Waals surface area contributed by atoms with Crippen LogP contribution in [0.4, 0.5) is 29.6 Å². The van der Waals surface area contributed by atoms with Crippen LogP contribution in [0.3, 0.4) is 0 Å². The number of benzene rings is 2. The molecular weight excluding hydrogens is 451 g/mol. The molecule has 0 unspecified atom stereocenters. The molecule has 5 N–H and O–H groups in total. The van der Waals surface area contributed by atoms with E-state index in [9.17, 15) is 18.0 Å². The number of amides is 1. The summed E-state index contributed by atoms with van der Waals surface area (Å²) >= 11 is 0. The molecule has 34 heavy (non-hydrogen) atoms. The average Bonchev–Trinajstić information content (AvgIpc) is 3.15. The number of hydrogen-bond donors (Lipinski definition) is 3. The molecule has 0 saturated carbocycles. The van der Waals surface area contributed by atoms with E-state index < -0.39 is 23.5 Å². The van der Waals surface area contributed by atoms with Crippen LogP contribution in [0, 0.1) is 17.5 Å². The number of halogens is 3. The maximum Gasteiger partial charge on any atom is 0.407 e. The van der Waals surface area contributed by atoms with Crippen molar-refractivity contribution in [2.75, 3.05) is 18.1 Å². The first-order valence-corrected chi connectivity index (χ1v) is 10.2. The molecule has 4 rings (SSSR count). The van der Waals surface area contributed by atoms with Crippen molar-refractivity contribution in [1.29, 1.82) is 0 Å². The lowest BCUT2D eigenvalue weighted by Crippen LogP contribution is -2.25. The molecule has 0 aliphatic carbocycles. The Morgan fingerprint density at radius 1 is 1.12 bits per heavy atom. The fourth-order valence-electron chi connectivity index (χ4n) is 3.46. The molecule has 2 heterocycles. The molecule has 0 bridgehead atoms. The van der Waals surface area contributed by atoms with Crippen molar-refractivity contribution in [1.82, 2.24) is 25.1 Å². The first-order chi connectivity index (χ1) is 16.3. The smallest absolute Gasteiger partial charge is 0.407 e. The number of carbonyl (C=O) groups is 1. The van der Waals surface area contributed by atoms with Crippen molar-refractivity contribution < 1.29 is 22.7 Å². The van der Waals surface area contributed by atoms with Crippen LogP contribution >= 0.6 is 0 Å². The third-order valence-corrected chi connectivity index (χ3v) is 5.02. The second-order valence-electron chi connectivity index (χ2n) is 7.26. The van der Waals surface area contributed by atoms with E-state index in [1.807, 2.05) is 0 Å². The molecule has 0 fully saturated rings. The van der Waals surface area contributed by atoms with Crippen LogP contribution in [0.5, 0.6) is 0 Å². The van der Waals surface area contributed by atoms with Gasteiger partial charge >= 0.3 is 6.09 Å². The highest BCUT2D eigenvalue weighted by Gasteiger charge is 2.19. The minimum atomic E-state index is -1.28. The van der Waals surface area contributed by atoms with Crippen molar-refractivity contribution in [3.8, 4) is 5.95 Å². The molecular formula is C22H20F3N7O2. The Bertz CT molecular complexity index is 1370. The van der Waals surface area contributed by atoms with Crippen LogP contribution in [-0.4, -0.2) is 32.4 Å². The van der Waals surface area contributed by atoms with Gasteiger partial charge in [-0.1, -0.05) is 18.2 Å². The third-order valence-electron chi connectivity index (χ3n) is 5.02. The summed E-state index contributed by atoms with van der Waals surface area (Å²) in [6, 6.07) is 8.34. The number of anilines is 2. The van der Waals surface area contributed by atoms with Crippen molar-refractivity contribution in [3.05, 3.63) is 70.7 Å². The van der Waals surface area contributed by atoms with Crippen LogP contribution in [0.2, 0.25) is 0 Å². The van der Waals surface area contributed by atoms with Crippen molar-refractivity contribution in [2.24, 2.45) is 0 Å². The highest BCUT2D eigenvalue weighted by atomic mass is 19.2. The van der Waals surface area contributed by atoms with E-state index in [0.29, 0.717) is 28.2 Å². The second-order valence-corrected chi connectivity index (χ2v) is 7.26. The van der Waals surface area contributed by atoms with Gasteiger partial charge in [0.05, 0.1) is 29.9 Å². The fourth-order valence-corrected chi connectivity index (χ4v) is 3.46. The predicted octanol–water partition coefficient (Wildman–Crippen LogP) is 3.23. The number of fused-ring (bicyclic) bond motifs is 1. The zero-order chi connectivity index (χ0) is 24.4. The van der Waals surface area contributed by atoms with Gasteiger partial charge in [0.2, 0.25) is 0 Å². The summed E-state index contributed by atoms with van der Waals surface area (Å²) < 4.78 is 47.8. The molecule has 0 aliphatic heterocycles. The molecule has 9 nitrogen and oxygen atoms in total. The molecule has 2 aromatic carbocycles. The zero-order valence-corrected chi connectivity index (χ0v) is 18.0. The lowest BCUT2D eigenvalue weighted by Gasteiger charge is -2.11. The Morgan fingerprint density at radius 3 is 2.53 bits per heavy atom. The van der Waals surface area contributed by atoms with E-state index in [0.717, 1.165) is 6.07 Å². The van der Waals surface area contributed by atoms with Gasteiger partial charge in [-0.15, -0.1) is 0 Å². The van der Waals surface area contributed by atoms with Gasteiger partial charge in [-0.3, -0.25) is 0 Å². The average molecular weight is 471 g/mol. The molecule has 0 saturated heterocycles. The number of nitrogen functional groups attached to an aromatic ring is 2. The number of nitrogens with two attached hydrogens (primary N) is 2. The molecule has 0 atom stereocenters. The maximum atomic E-state index is 14.3. The van der Waals surface area contributed by atoms with Gasteiger partial charge in [0, 0.05) is 17.9 Å². The minimum absolute atomic E-state index is 0.0127. The SMILES string of the molecule is CCOC(=O)NCc1c(N)nc(-n2nc(Cc3cc(F)cc(F)c3F)c3ccccc32)nc1N. The Balaban J connectivity index is 1.73. The lowest BCUT2D eigenvalue weighted by atomic mass is 10.1. The van der Waals surface area contributed by atoms with Crippen molar-refractivity contribution in [2.45, 2.75) is 19.9 Å². The van der Waals surface area contributed by atoms with E-state index >= 15 is 0 Å². The number of para-hydroxylation sites is 1. The van der Waals surface area contributed by atoms with Gasteiger partial charge in [-0.2, -0.15) is 19.7 Å². The van der Waals surface area contributed by atoms with Crippen LogP contribution in [0.15, 0.2) is 36.4 Å². The molecule has 1 amide bonds. The number of hydrogen-bond acceptors (Lipinski definition) is 7. The number of nitrogens with one attached hydrogen (secondary N) is 1. The molecule has 2 aromatic heterocycles. The quantitative estimate of drug-likeness (QED) is 0.368. The van der Waals surface area contributed by atoms with Gasteiger partial charge in [0.1, 0.15) is 17.5 Å². The first kappa shape index (κ1) is 22.8. The monoisotopic (exact) mass is 471 g/mol. The van der Waals surface area contributed by atoms with Gasteiger partial charge in [0.15, 0.2) is 11.6 Å². The zero-order valence-electron chi connectivity index (χ0n) is 18.0. The molecule has 4 aromatic rings. The van der Waals surface area contributed by atoms with E-state index in [1.54, 1.807) is 31.2 Å². The minimum Gasteiger partial charge on any atom is -0.450 e. The molecule has 0 aliphatic rings. The normalized spacial score (nSPS) is 11.1. The Kier molecular flexibility index (Phi) is 6.21. The standard InChI is InChI=1S/C22H20F3N7O2/c1-2-34-22(33)28-10-14-19(26)29-21(30-20(14)27)32-17-6-4-3-5-13(17)16(31-32)8-11-7-12(23)9-15(24)18(11)25/h3-7,9H,2,8,10H2,1H3,(H,28,33)(H4,26,27,29,30). The summed E-state index contributed by atoms with van der Waals surface area (Å²) in [5.41, 5.74) is 13.1. The highest BCUT2D eigenvalue weighted by Crippen LogP contribution is 2.26. The van der Waals surface area contributed by atoms with E-state index in [2.05, 4.69) is 20.4 Å². The van der Waals surface area contributed by atoms with Crippen LogP contribution in [-0.2, 0) is 17.7 Å². The first-order valence-electron chi connectivity index (χ1n) is 10.2. The summed E-state index contributed by atoms with van der Waals surface area (Å²) in [6.07, 6.45) is -0.824. The molecule has 0 spiro atoms. The Morgan fingerprint density at radius 2 is 1.82 bits per heavy atom. The molecule has 12 heteroatoms. The largest absolute Gasteiger partial charge is 0.450 e. The van der Waals surface area contributed by atoms with E-state index in [-0.39, 0.29) is 42.7 Å². The van der Waals surface area contributed by atoms with Crippen LogP contribution < -0.4 is 16.8 Å². The summed E-state index contributed by atoms with van der Waals surface area (Å²) in [5, 5.41) is 7.54. The Labute approximate surface area is 191 Å². The molecule has 176 valence electrons. The number of alkyl carbamates (subject to hydrolysis) is 1. The number of carbonyl (C=O) groups excluding carboxylic acids is 1. The van der Waals surface area contributed by atoms with Gasteiger partial charge in [0.25, 0.3) is 5.95 Å². The summed E-state index contributed by atoms with van der Waals surface area (Å²) in [4.78, 5) is 20.0. The summed E-state index contributed by atoms with van der Waals surface area (Å²) in [7, 11) is 0.